The molecule has 7 nitrogen and oxygen atoms in total. The lowest BCUT2D eigenvalue weighted by molar-refractivity contribution is -0.141. The summed E-state index contributed by atoms with van der Waals surface area (Å²) in [7, 11) is -3.66. The maximum atomic E-state index is 13.4. The van der Waals surface area contributed by atoms with E-state index in [2.05, 4.69) is 5.32 Å². The van der Waals surface area contributed by atoms with E-state index in [1.807, 2.05) is 0 Å². The molecule has 0 unspecified atom stereocenters. The van der Waals surface area contributed by atoms with E-state index in [1.54, 1.807) is 19.1 Å². The van der Waals surface area contributed by atoms with Gasteiger partial charge in [0.05, 0.1) is 11.9 Å². The predicted molar refractivity (Wildman–Crippen MR) is 139 cm³/mol. The molecule has 1 aliphatic rings. The molecule has 0 saturated heterocycles. The topological polar surface area (TPSA) is 86.8 Å². The quantitative estimate of drug-likeness (QED) is 0.463. The molecule has 1 aliphatic carbocycles. The van der Waals surface area contributed by atoms with Crippen LogP contribution in [0.3, 0.4) is 0 Å². The number of amides is 2. The van der Waals surface area contributed by atoms with E-state index in [0.29, 0.717) is 11.3 Å². The van der Waals surface area contributed by atoms with E-state index < -0.39 is 27.7 Å². The van der Waals surface area contributed by atoms with E-state index in [9.17, 15) is 26.8 Å². The predicted octanol–water partition coefficient (Wildman–Crippen LogP) is 4.38. The van der Waals surface area contributed by atoms with Gasteiger partial charge < -0.3 is 10.2 Å². The third-order valence-electron chi connectivity index (χ3n) is 6.65. The van der Waals surface area contributed by atoms with Crippen LogP contribution in [0.5, 0.6) is 0 Å². The Hall–Kier alpha value is -3.01. The van der Waals surface area contributed by atoms with Crippen LogP contribution in [0.15, 0.2) is 48.5 Å². The molecule has 0 aliphatic heterocycles. The molecular formula is C27H35F2N3O4S. The number of benzene rings is 2. The van der Waals surface area contributed by atoms with Crippen LogP contribution in [-0.2, 0) is 26.2 Å². The molecule has 0 bridgehead atoms. The summed E-state index contributed by atoms with van der Waals surface area (Å²) in [6.07, 6.45) is 6.33. The Balaban J connectivity index is 1.70. The standard InChI is InChI=1S/C27H35F2N3O4S/c1-20(27(34)30-24-7-4-3-5-8-24)31(19-21-10-12-22(28)13-11-21)26(33)9-6-18-32(37(2,35)36)25-16-14-23(29)15-17-25/h10-17,20,24H,3-9,18-19H2,1-2H3,(H,30,34)/t20-/m0/s1. The van der Waals surface area contributed by atoms with Crippen molar-refractivity contribution in [2.24, 2.45) is 0 Å². The highest BCUT2D eigenvalue weighted by Gasteiger charge is 2.28. The Morgan fingerprint density at radius 2 is 1.54 bits per heavy atom. The zero-order valence-corrected chi connectivity index (χ0v) is 22.1. The minimum absolute atomic E-state index is 0.00451. The Labute approximate surface area is 217 Å². The number of carbonyl (C=O) groups excluding carboxylic acids is 2. The summed E-state index contributed by atoms with van der Waals surface area (Å²) in [4.78, 5) is 27.8. The highest BCUT2D eigenvalue weighted by molar-refractivity contribution is 7.92. The number of nitrogens with one attached hydrogen (secondary N) is 1. The Bertz CT molecular complexity index is 1150. The molecule has 1 N–H and O–H groups in total. The first-order valence-electron chi connectivity index (χ1n) is 12.6. The molecule has 0 aromatic heterocycles. The number of rotatable bonds is 11. The van der Waals surface area contributed by atoms with Gasteiger partial charge in [-0.3, -0.25) is 13.9 Å². The number of sulfonamides is 1. The van der Waals surface area contributed by atoms with E-state index >= 15 is 0 Å². The lowest BCUT2D eigenvalue weighted by atomic mass is 9.95. The molecule has 3 rings (SSSR count). The van der Waals surface area contributed by atoms with Gasteiger partial charge in [-0.25, -0.2) is 17.2 Å². The molecule has 2 amide bonds. The van der Waals surface area contributed by atoms with Crippen LogP contribution in [0.4, 0.5) is 14.5 Å². The van der Waals surface area contributed by atoms with Crippen molar-refractivity contribution in [3.63, 3.8) is 0 Å². The molecular weight excluding hydrogens is 500 g/mol. The van der Waals surface area contributed by atoms with Crippen LogP contribution in [0.25, 0.3) is 0 Å². The Morgan fingerprint density at radius 3 is 2.11 bits per heavy atom. The molecule has 0 spiro atoms. The highest BCUT2D eigenvalue weighted by Crippen LogP contribution is 2.21. The van der Waals surface area contributed by atoms with Crippen molar-refractivity contribution in [1.29, 1.82) is 0 Å². The average molecular weight is 536 g/mol. The maximum Gasteiger partial charge on any atom is 0.242 e. The second-order valence-corrected chi connectivity index (χ2v) is 11.5. The fraction of sp³-hybridized carbons (Fsp3) is 0.481. The van der Waals surface area contributed by atoms with Crippen molar-refractivity contribution in [3.05, 3.63) is 65.7 Å². The van der Waals surface area contributed by atoms with Gasteiger partial charge in [0, 0.05) is 25.6 Å². The molecule has 202 valence electrons. The zero-order valence-electron chi connectivity index (χ0n) is 21.3. The van der Waals surface area contributed by atoms with Crippen LogP contribution in [0.1, 0.15) is 57.4 Å². The Kier molecular flexibility index (Phi) is 10.0. The normalized spacial score (nSPS) is 15.1. The smallest absolute Gasteiger partial charge is 0.242 e. The van der Waals surface area contributed by atoms with Crippen LogP contribution in [0.2, 0.25) is 0 Å². The van der Waals surface area contributed by atoms with Gasteiger partial charge in [0.15, 0.2) is 0 Å². The third kappa shape index (κ3) is 8.52. The summed E-state index contributed by atoms with van der Waals surface area (Å²) in [5.74, 6) is -1.44. The van der Waals surface area contributed by atoms with Crippen molar-refractivity contribution >= 4 is 27.5 Å². The second-order valence-electron chi connectivity index (χ2n) is 9.58. The highest BCUT2D eigenvalue weighted by atomic mass is 32.2. The molecule has 1 saturated carbocycles. The lowest BCUT2D eigenvalue weighted by Gasteiger charge is -2.31. The third-order valence-corrected chi connectivity index (χ3v) is 7.85. The minimum atomic E-state index is -3.66. The maximum absolute atomic E-state index is 13.4. The van der Waals surface area contributed by atoms with E-state index in [1.165, 1.54) is 41.3 Å². The summed E-state index contributed by atoms with van der Waals surface area (Å²) >= 11 is 0. The van der Waals surface area contributed by atoms with Crippen molar-refractivity contribution in [3.8, 4) is 0 Å². The summed E-state index contributed by atoms with van der Waals surface area (Å²) in [5, 5.41) is 3.06. The molecule has 37 heavy (non-hydrogen) atoms. The molecule has 0 heterocycles. The lowest BCUT2D eigenvalue weighted by Crippen LogP contribution is -2.50. The molecule has 1 fully saturated rings. The fourth-order valence-electron chi connectivity index (χ4n) is 4.55. The van der Waals surface area contributed by atoms with Gasteiger partial charge in [-0.2, -0.15) is 0 Å². The summed E-state index contributed by atoms with van der Waals surface area (Å²) in [6.45, 7) is 1.80. The minimum Gasteiger partial charge on any atom is -0.352 e. The number of nitrogens with zero attached hydrogens (tertiary/aromatic N) is 2. The summed E-state index contributed by atoms with van der Waals surface area (Å²) < 4.78 is 52.5. The van der Waals surface area contributed by atoms with Gasteiger partial charge in [0.1, 0.15) is 17.7 Å². The van der Waals surface area contributed by atoms with Crippen molar-refractivity contribution in [2.45, 2.75) is 70.5 Å². The number of anilines is 1. The SMILES string of the molecule is C[C@@H](C(=O)NC1CCCCC1)N(Cc1ccc(F)cc1)C(=O)CCCN(c1ccc(F)cc1)S(C)(=O)=O. The van der Waals surface area contributed by atoms with Gasteiger partial charge in [0.25, 0.3) is 0 Å². The fourth-order valence-corrected chi connectivity index (χ4v) is 5.51. The average Bonchev–Trinajstić information content (AvgIpc) is 2.86. The van der Waals surface area contributed by atoms with Crippen LogP contribution >= 0.6 is 0 Å². The number of halogens is 2. The molecule has 2 aromatic carbocycles. The van der Waals surface area contributed by atoms with E-state index in [4.69, 9.17) is 0 Å². The first-order valence-corrected chi connectivity index (χ1v) is 14.5. The molecule has 1 atom stereocenters. The number of hydrogen-bond acceptors (Lipinski definition) is 4. The van der Waals surface area contributed by atoms with Crippen molar-refractivity contribution < 1.29 is 26.8 Å². The van der Waals surface area contributed by atoms with Gasteiger partial charge in [0.2, 0.25) is 21.8 Å². The number of carbonyl (C=O) groups is 2. The van der Waals surface area contributed by atoms with E-state index in [-0.39, 0.29) is 43.8 Å². The van der Waals surface area contributed by atoms with Gasteiger partial charge in [-0.05, 0) is 68.1 Å². The zero-order chi connectivity index (χ0) is 27.0. The molecule has 2 aromatic rings. The number of hydrogen-bond donors (Lipinski definition) is 1. The first kappa shape index (κ1) is 28.6. The Morgan fingerprint density at radius 1 is 0.973 bits per heavy atom. The first-order chi connectivity index (χ1) is 17.5. The second kappa shape index (κ2) is 13.0. The molecule has 10 heteroatoms. The molecule has 0 radical (unpaired) electrons. The largest absolute Gasteiger partial charge is 0.352 e. The summed E-state index contributed by atoms with van der Waals surface area (Å²) in [5.41, 5.74) is 0.982. The van der Waals surface area contributed by atoms with Gasteiger partial charge in [-0.1, -0.05) is 31.4 Å². The summed E-state index contributed by atoms with van der Waals surface area (Å²) in [6, 6.07) is 10.2. The van der Waals surface area contributed by atoms with Gasteiger partial charge in [-0.15, -0.1) is 0 Å². The van der Waals surface area contributed by atoms with Crippen LogP contribution in [-0.4, -0.2) is 50.0 Å². The van der Waals surface area contributed by atoms with Crippen LogP contribution < -0.4 is 9.62 Å². The van der Waals surface area contributed by atoms with Crippen LogP contribution in [0, 0.1) is 11.6 Å². The van der Waals surface area contributed by atoms with Gasteiger partial charge >= 0.3 is 0 Å². The van der Waals surface area contributed by atoms with Crippen molar-refractivity contribution in [1.82, 2.24) is 10.2 Å². The van der Waals surface area contributed by atoms with Crippen molar-refractivity contribution in [2.75, 3.05) is 17.1 Å². The van der Waals surface area contributed by atoms with E-state index in [0.717, 1.165) is 42.7 Å². The monoisotopic (exact) mass is 535 g/mol.